The largest absolute Gasteiger partial charge is 0.357 e. The van der Waals surface area contributed by atoms with Crippen molar-refractivity contribution in [2.45, 2.75) is 18.9 Å². The van der Waals surface area contributed by atoms with Gasteiger partial charge in [0.05, 0.1) is 0 Å². The van der Waals surface area contributed by atoms with E-state index in [0.717, 1.165) is 31.5 Å². The molecule has 0 aliphatic carbocycles. The lowest BCUT2D eigenvalue weighted by Crippen LogP contribution is -2.53. The van der Waals surface area contributed by atoms with Crippen LogP contribution in [-0.4, -0.2) is 75.8 Å². The van der Waals surface area contributed by atoms with Crippen molar-refractivity contribution in [2.75, 3.05) is 39.3 Å². The van der Waals surface area contributed by atoms with Gasteiger partial charge in [-0.25, -0.2) is 0 Å². The number of hydrogen-bond acceptors (Lipinski definition) is 4. The van der Waals surface area contributed by atoms with E-state index in [1.165, 1.54) is 0 Å². The highest BCUT2D eigenvalue weighted by Crippen LogP contribution is 2.27. The van der Waals surface area contributed by atoms with Crippen molar-refractivity contribution in [1.82, 2.24) is 24.7 Å². The minimum atomic E-state index is -0.271. The van der Waals surface area contributed by atoms with Gasteiger partial charge in [-0.15, -0.1) is 0 Å². The van der Waals surface area contributed by atoms with Crippen LogP contribution in [0.3, 0.4) is 0 Å². The molecule has 27 heavy (non-hydrogen) atoms. The van der Waals surface area contributed by atoms with E-state index >= 15 is 0 Å². The quantitative estimate of drug-likeness (QED) is 0.890. The zero-order valence-corrected chi connectivity index (χ0v) is 15.4. The molecule has 2 aliphatic heterocycles. The van der Waals surface area contributed by atoms with Crippen LogP contribution in [0.15, 0.2) is 42.9 Å². The lowest BCUT2D eigenvalue weighted by atomic mass is 10.1. The monoisotopic (exact) mass is 367 g/mol. The van der Waals surface area contributed by atoms with Crippen LogP contribution in [0.1, 0.15) is 34.9 Å². The van der Waals surface area contributed by atoms with Gasteiger partial charge in [0.25, 0.3) is 5.91 Å². The second-order valence-electron chi connectivity index (χ2n) is 7.13. The summed E-state index contributed by atoms with van der Waals surface area (Å²) in [7, 11) is 0. The fourth-order valence-electron chi connectivity index (χ4n) is 3.98. The SMILES string of the molecule is O=C(c1ccc[nH]1)N1CCN(C(=O)[C@@H](c2cccnc2)N2CCCC2)CC1. The number of carbonyl (C=O) groups excluding carboxylic acids is 2. The number of likely N-dealkylation sites (tertiary alicyclic amines) is 1. The summed E-state index contributed by atoms with van der Waals surface area (Å²) in [5.41, 5.74) is 1.55. The summed E-state index contributed by atoms with van der Waals surface area (Å²) in [6, 6.07) is 7.21. The molecule has 1 atom stereocenters. The van der Waals surface area contributed by atoms with E-state index in [4.69, 9.17) is 0 Å². The molecule has 0 unspecified atom stereocenters. The summed E-state index contributed by atoms with van der Waals surface area (Å²) >= 11 is 0. The van der Waals surface area contributed by atoms with Crippen LogP contribution in [0.2, 0.25) is 0 Å². The molecule has 2 amide bonds. The number of aromatic amines is 1. The average molecular weight is 367 g/mol. The highest BCUT2D eigenvalue weighted by atomic mass is 16.2. The zero-order chi connectivity index (χ0) is 18.6. The number of nitrogens with zero attached hydrogens (tertiary/aromatic N) is 4. The number of carbonyl (C=O) groups is 2. The van der Waals surface area contributed by atoms with Crippen LogP contribution in [0.5, 0.6) is 0 Å². The predicted octanol–water partition coefficient (Wildman–Crippen LogP) is 1.53. The molecule has 7 nitrogen and oxygen atoms in total. The van der Waals surface area contributed by atoms with Crippen molar-refractivity contribution in [3.05, 3.63) is 54.1 Å². The van der Waals surface area contributed by atoms with Gasteiger partial charge in [0.2, 0.25) is 5.91 Å². The molecule has 0 spiro atoms. The first-order chi connectivity index (χ1) is 13.2. The molecule has 142 valence electrons. The Kier molecular flexibility index (Phi) is 5.20. The zero-order valence-electron chi connectivity index (χ0n) is 15.4. The van der Waals surface area contributed by atoms with E-state index in [0.29, 0.717) is 31.9 Å². The summed E-state index contributed by atoms with van der Waals surface area (Å²) in [6.07, 6.45) is 7.54. The Labute approximate surface area is 159 Å². The molecule has 1 N–H and O–H groups in total. The van der Waals surface area contributed by atoms with E-state index in [1.807, 2.05) is 28.0 Å². The molecule has 0 saturated carbocycles. The number of H-pyrrole nitrogens is 1. The average Bonchev–Trinajstić information content (AvgIpc) is 3.43. The number of hydrogen-bond donors (Lipinski definition) is 1. The minimum absolute atomic E-state index is 0.00421. The molecule has 4 heterocycles. The maximum atomic E-state index is 13.3. The van der Waals surface area contributed by atoms with E-state index in [9.17, 15) is 9.59 Å². The van der Waals surface area contributed by atoms with Gasteiger partial charge in [0, 0.05) is 44.8 Å². The second kappa shape index (κ2) is 7.92. The molecular weight excluding hydrogens is 342 g/mol. The Morgan fingerprint density at radius 3 is 2.33 bits per heavy atom. The standard InChI is InChI=1S/C20H25N5O2/c26-19(17-6-4-8-22-17)24-11-13-25(14-12-24)20(27)18(23-9-1-2-10-23)16-5-3-7-21-15-16/h3-8,15,18,22H,1-2,9-14H2/t18-/m1/s1. The smallest absolute Gasteiger partial charge is 0.270 e. The first kappa shape index (κ1) is 17.7. The van der Waals surface area contributed by atoms with Gasteiger partial charge in [0.1, 0.15) is 11.7 Å². The first-order valence-corrected chi connectivity index (χ1v) is 9.59. The Hall–Kier alpha value is -2.67. The maximum Gasteiger partial charge on any atom is 0.270 e. The summed E-state index contributed by atoms with van der Waals surface area (Å²) in [5, 5.41) is 0. The first-order valence-electron chi connectivity index (χ1n) is 9.59. The molecule has 2 aromatic rings. The van der Waals surface area contributed by atoms with E-state index in [-0.39, 0.29) is 17.9 Å². The van der Waals surface area contributed by atoms with Crippen LogP contribution in [0.4, 0.5) is 0 Å². The predicted molar refractivity (Wildman–Crippen MR) is 101 cm³/mol. The molecule has 2 saturated heterocycles. The molecule has 7 heteroatoms. The third kappa shape index (κ3) is 3.73. The van der Waals surface area contributed by atoms with Crippen LogP contribution in [-0.2, 0) is 4.79 Å². The van der Waals surface area contributed by atoms with Crippen LogP contribution >= 0.6 is 0 Å². The third-order valence-electron chi connectivity index (χ3n) is 5.45. The molecular formula is C20H25N5O2. The van der Waals surface area contributed by atoms with E-state index < -0.39 is 0 Å². The number of amides is 2. The molecule has 0 radical (unpaired) electrons. The van der Waals surface area contributed by atoms with Crippen molar-refractivity contribution < 1.29 is 9.59 Å². The Morgan fingerprint density at radius 2 is 1.70 bits per heavy atom. The normalized spacial score (nSPS) is 19.3. The number of piperazine rings is 1. The number of pyridine rings is 1. The topological polar surface area (TPSA) is 72.5 Å². The summed E-state index contributed by atoms with van der Waals surface area (Å²) in [5.74, 6) is 0.118. The van der Waals surface area contributed by atoms with Gasteiger partial charge in [-0.1, -0.05) is 6.07 Å². The van der Waals surface area contributed by atoms with Gasteiger partial charge < -0.3 is 14.8 Å². The minimum Gasteiger partial charge on any atom is -0.357 e. The summed E-state index contributed by atoms with van der Waals surface area (Å²) in [6.45, 7) is 4.13. The van der Waals surface area contributed by atoms with E-state index in [2.05, 4.69) is 14.9 Å². The number of aromatic nitrogens is 2. The number of nitrogens with one attached hydrogen (secondary N) is 1. The highest BCUT2D eigenvalue weighted by molar-refractivity contribution is 5.92. The van der Waals surface area contributed by atoms with Crippen LogP contribution in [0.25, 0.3) is 0 Å². The second-order valence-corrected chi connectivity index (χ2v) is 7.13. The third-order valence-corrected chi connectivity index (χ3v) is 5.45. The highest BCUT2D eigenvalue weighted by Gasteiger charge is 2.35. The maximum absolute atomic E-state index is 13.3. The Balaban J connectivity index is 1.44. The Morgan fingerprint density at radius 1 is 0.963 bits per heavy atom. The molecule has 0 aromatic carbocycles. The van der Waals surface area contributed by atoms with Gasteiger partial charge in [0.15, 0.2) is 0 Å². The number of rotatable bonds is 4. The lowest BCUT2D eigenvalue weighted by molar-refractivity contribution is -0.138. The fraction of sp³-hybridized carbons (Fsp3) is 0.450. The van der Waals surface area contributed by atoms with Gasteiger partial charge >= 0.3 is 0 Å². The fourth-order valence-corrected chi connectivity index (χ4v) is 3.98. The van der Waals surface area contributed by atoms with Gasteiger partial charge in [-0.2, -0.15) is 0 Å². The van der Waals surface area contributed by atoms with Crippen molar-refractivity contribution in [3.63, 3.8) is 0 Å². The van der Waals surface area contributed by atoms with Crippen molar-refractivity contribution in [3.8, 4) is 0 Å². The lowest BCUT2D eigenvalue weighted by Gasteiger charge is -2.38. The van der Waals surface area contributed by atoms with Gasteiger partial charge in [-0.05, 0) is 49.7 Å². The summed E-state index contributed by atoms with van der Waals surface area (Å²) < 4.78 is 0. The molecule has 2 aliphatic rings. The molecule has 4 rings (SSSR count). The van der Waals surface area contributed by atoms with Crippen molar-refractivity contribution in [1.29, 1.82) is 0 Å². The van der Waals surface area contributed by atoms with Crippen molar-refractivity contribution >= 4 is 11.8 Å². The molecule has 2 fully saturated rings. The molecule has 2 aromatic heterocycles. The summed E-state index contributed by atoms with van der Waals surface area (Å²) in [4.78, 5) is 39.0. The van der Waals surface area contributed by atoms with E-state index in [1.54, 1.807) is 24.7 Å². The van der Waals surface area contributed by atoms with Crippen molar-refractivity contribution in [2.24, 2.45) is 0 Å². The van der Waals surface area contributed by atoms with Gasteiger partial charge in [-0.3, -0.25) is 19.5 Å². The van der Waals surface area contributed by atoms with Crippen LogP contribution in [0, 0.1) is 0 Å². The van der Waals surface area contributed by atoms with Crippen LogP contribution < -0.4 is 0 Å². The Bertz CT molecular complexity index is 763. The molecule has 0 bridgehead atoms.